The lowest BCUT2D eigenvalue weighted by atomic mass is 10.1. The van der Waals surface area contributed by atoms with Gasteiger partial charge in [0.2, 0.25) is 0 Å². The summed E-state index contributed by atoms with van der Waals surface area (Å²) in [6.07, 6.45) is 0.887. The largest absolute Gasteiger partial charge is 0.497 e. The van der Waals surface area contributed by atoms with E-state index in [4.69, 9.17) is 10.5 Å². The molecule has 0 aliphatic carbocycles. The number of nitrogens with zero attached hydrogens (tertiary/aromatic N) is 2. The third-order valence-corrected chi connectivity index (χ3v) is 2.29. The SMILES string of the molecule is COc1ccc(CCN=C(N)N(C)C)cc1. The number of hydrogen-bond donors (Lipinski definition) is 1. The lowest BCUT2D eigenvalue weighted by molar-refractivity contribution is 0.414. The summed E-state index contributed by atoms with van der Waals surface area (Å²) in [5.74, 6) is 1.44. The summed E-state index contributed by atoms with van der Waals surface area (Å²) < 4.78 is 5.09. The lowest BCUT2D eigenvalue weighted by Crippen LogP contribution is -2.30. The smallest absolute Gasteiger partial charge is 0.190 e. The molecule has 88 valence electrons. The molecule has 0 unspecified atom stereocenters. The minimum Gasteiger partial charge on any atom is -0.497 e. The number of methoxy groups -OCH3 is 1. The number of rotatable bonds is 4. The highest BCUT2D eigenvalue weighted by atomic mass is 16.5. The summed E-state index contributed by atoms with van der Waals surface area (Å²) in [5.41, 5.74) is 6.91. The van der Waals surface area contributed by atoms with Crippen molar-refractivity contribution in [1.82, 2.24) is 4.90 Å². The van der Waals surface area contributed by atoms with Gasteiger partial charge in [0.15, 0.2) is 5.96 Å². The van der Waals surface area contributed by atoms with E-state index in [0.717, 1.165) is 12.2 Å². The molecule has 1 aromatic carbocycles. The van der Waals surface area contributed by atoms with E-state index in [9.17, 15) is 0 Å². The highest BCUT2D eigenvalue weighted by Crippen LogP contribution is 2.11. The normalized spacial score (nSPS) is 11.3. The topological polar surface area (TPSA) is 50.9 Å². The van der Waals surface area contributed by atoms with Crippen LogP contribution in [0.4, 0.5) is 0 Å². The monoisotopic (exact) mass is 221 g/mol. The summed E-state index contributed by atoms with van der Waals surface area (Å²) in [6, 6.07) is 7.99. The molecular formula is C12H19N3O. The molecule has 16 heavy (non-hydrogen) atoms. The summed E-state index contributed by atoms with van der Waals surface area (Å²) in [4.78, 5) is 6.05. The summed E-state index contributed by atoms with van der Waals surface area (Å²) >= 11 is 0. The fourth-order valence-electron chi connectivity index (χ4n) is 1.23. The molecule has 4 nitrogen and oxygen atoms in total. The van der Waals surface area contributed by atoms with Crippen molar-refractivity contribution >= 4 is 5.96 Å². The van der Waals surface area contributed by atoms with Crippen molar-refractivity contribution in [3.8, 4) is 5.75 Å². The van der Waals surface area contributed by atoms with Crippen LogP contribution in [0.5, 0.6) is 5.75 Å². The van der Waals surface area contributed by atoms with Gasteiger partial charge in [0.25, 0.3) is 0 Å². The van der Waals surface area contributed by atoms with Crippen LogP contribution in [0.25, 0.3) is 0 Å². The zero-order valence-electron chi connectivity index (χ0n) is 10.1. The van der Waals surface area contributed by atoms with Gasteiger partial charge in [0.1, 0.15) is 5.75 Å². The van der Waals surface area contributed by atoms with Crippen molar-refractivity contribution in [1.29, 1.82) is 0 Å². The van der Waals surface area contributed by atoms with E-state index < -0.39 is 0 Å². The molecule has 1 rings (SSSR count). The Labute approximate surface area is 96.7 Å². The Kier molecular flexibility index (Phi) is 4.64. The molecule has 2 N–H and O–H groups in total. The van der Waals surface area contributed by atoms with E-state index >= 15 is 0 Å². The number of aliphatic imine (C=N–C) groups is 1. The number of nitrogens with two attached hydrogens (primary N) is 1. The minimum atomic E-state index is 0.563. The Morgan fingerprint density at radius 1 is 1.31 bits per heavy atom. The van der Waals surface area contributed by atoms with Crippen LogP contribution in [-0.4, -0.2) is 38.6 Å². The van der Waals surface area contributed by atoms with Gasteiger partial charge in [0, 0.05) is 20.6 Å². The summed E-state index contributed by atoms with van der Waals surface area (Å²) in [5, 5.41) is 0. The predicted molar refractivity (Wildman–Crippen MR) is 66.9 cm³/mol. The molecule has 1 aromatic rings. The fraction of sp³-hybridized carbons (Fsp3) is 0.417. The van der Waals surface area contributed by atoms with Crippen LogP contribution in [0, 0.1) is 0 Å². The van der Waals surface area contributed by atoms with Crippen LogP contribution < -0.4 is 10.5 Å². The van der Waals surface area contributed by atoms with Gasteiger partial charge in [-0.15, -0.1) is 0 Å². The van der Waals surface area contributed by atoms with Gasteiger partial charge in [-0.05, 0) is 24.1 Å². The molecule has 0 saturated heterocycles. The average Bonchev–Trinajstić information content (AvgIpc) is 2.29. The van der Waals surface area contributed by atoms with Gasteiger partial charge in [-0.3, -0.25) is 4.99 Å². The van der Waals surface area contributed by atoms with Gasteiger partial charge < -0.3 is 15.4 Å². The van der Waals surface area contributed by atoms with Crippen LogP contribution in [0.3, 0.4) is 0 Å². The molecule has 0 aromatic heterocycles. The van der Waals surface area contributed by atoms with Gasteiger partial charge >= 0.3 is 0 Å². The second-order valence-corrected chi connectivity index (χ2v) is 3.73. The van der Waals surface area contributed by atoms with Crippen molar-refractivity contribution in [3.05, 3.63) is 29.8 Å². The number of ether oxygens (including phenoxy) is 1. The van der Waals surface area contributed by atoms with Crippen LogP contribution >= 0.6 is 0 Å². The van der Waals surface area contributed by atoms with Gasteiger partial charge in [0.05, 0.1) is 7.11 Å². The first-order valence-corrected chi connectivity index (χ1v) is 5.23. The van der Waals surface area contributed by atoms with Crippen LogP contribution in [0.15, 0.2) is 29.3 Å². The maximum absolute atomic E-state index is 5.68. The van der Waals surface area contributed by atoms with Crippen molar-refractivity contribution in [2.75, 3.05) is 27.7 Å². The second-order valence-electron chi connectivity index (χ2n) is 3.73. The third-order valence-electron chi connectivity index (χ3n) is 2.29. The Balaban J connectivity index is 2.46. The Morgan fingerprint density at radius 2 is 1.94 bits per heavy atom. The molecule has 0 fully saturated rings. The van der Waals surface area contributed by atoms with Crippen LogP contribution in [-0.2, 0) is 6.42 Å². The predicted octanol–water partition coefficient (Wildman–Crippen LogP) is 1.11. The quantitative estimate of drug-likeness (QED) is 0.612. The first-order chi connectivity index (χ1) is 7.63. The fourth-order valence-corrected chi connectivity index (χ4v) is 1.23. The number of hydrogen-bond acceptors (Lipinski definition) is 2. The molecule has 0 amide bonds. The third kappa shape index (κ3) is 3.81. The maximum Gasteiger partial charge on any atom is 0.190 e. The van der Waals surface area contributed by atoms with Crippen LogP contribution in [0.1, 0.15) is 5.56 Å². The molecule has 0 atom stereocenters. The molecule has 0 aliphatic rings. The molecule has 0 radical (unpaired) electrons. The first-order valence-electron chi connectivity index (χ1n) is 5.23. The van der Waals surface area contributed by atoms with E-state index in [1.54, 1.807) is 12.0 Å². The van der Waals surface area contributed by atoms with Gasteiger partial charge in [-0.1, -0.05) is 12.1 Å². The van der Waals surface area contributed by atoms with Crippen LogP contribution in [0.2, 0.25) is 0 Å². The number of guanidine groups is 1. The zero-order chi connectivity index (χ0) is 12.0. The highest BCUT2D eigenvalue weighted by Gasteiger charge is 1.96. The van der Waals surface area contributed by atoms with E-state index in [1.807, 2.05) is 38.4 Å². The highest BCUT2D eigenvalue weighted by molar-refractivity contribution is 5.77. The molecule has 0 aliphatic heterocycles. The number of benzene rings is 1. The van der Waals surface area contributed by atoms with E-state index in [0.29, 0.717) is 12.5 Å². The molecular weight excluding hydrogens is 202 g/mol. The lowest BCUT2D eigenvalue weighted by Gasteiger charge is -2.10. The van der Waals surface area contributed by atoms with Gasteiger partial charge in [-0.2, -0.15) is 0 Å². The standard InChI is InChI=1S/C12H19N3O/c1-15(2)12(13)14-9-8-10-4-6-11(16-3)7-5-10/h4-7H,8-9H2,1-3H3,(H2,13,14). The van der Waals surface area contributed by atoms with Crippen molar-refractivity contribution in [2.24, 2.45) is 10.7 Å². The average molecular weight is 221 g/mol. The maximum atomic E-state index is 5.68. The molecule has 0 heterocycles. The van der Waals surface area contributed by atoms with E-state index in [1.165, 1.54) is 5.56 Å². The zero-order valence-corrected chi connectivity index (χ0v) is 10.1. The van der Waals surface area contributed by atoms with Gasteiger partial charge in [-0.25, -0.2) is 0 Å². The molecule has 0 bridgehead atoms. The van der Waals surface area contributed by atoms with Crippen molar-refractivity contribution in [3.63, 3.8) is 0 Å². The molecule has 0 spiro atoms. The Morgan fingerprint density at radius 3 is 2.44 bits per heavy atom. The first kappa shape index (κ1) is 12.4. The second kappa shape index (κ2) is 6.00. The van der Waals surface area contributed by atoms with E-state index in [2.05, 4.69) is 4.99 Å². The van der Waals surface area contributed by atoms with E-state index in [-0.39, 0.29) is 0 Å². The Hall–Kier alpha value is -1.71. The Bertz CT molecular complexity index is 344. The summed E-state index contributed by atoms with van der Waals surface area (Å²) in [6.45, 7) is 0.705. The minimum absolute atomic E-state index is 0.563. The molecule has 0 saturated carbocycles. The summed E-state index contributed by atoms with van der Waals surface area (Å²) in [7, 11) is 5.43. The van der Waals surface area contributed by atoms with Crippen molar-refractivity contribution in [2.45, 2.75) is 6.42 Å². The van der Waals surface area contributed by atoms with Crippen molar-refractivity contribution < 1.29 is 4.74 Å². The molecule has 4 heteroatoms.